The molecular formula is C13H6Br2ClN3O2. The van der Waals surface area contributed by atoms with Crippen LogP contribution in [0.3, 0.4) is 0 Å². The minimum Gasteiger partial charge on any atom is -0.508 e. The number of halogens is 3. The molecule has 0 atom stereocenters. The summed E-state index contributed by atoms with van der Waals surface area (Å²) in [4.78, 5) is 8.50. The first kappa shape index (κ1) is 14.5. The van der Waals surface area contributed by atoms with Crippen molar-refractivity contribution in [2.75, 3.05) is 0 Å². The molecule has 8 heteroatoms. The lowest BCUT2D eigenvalue weighted by molar-refractivity contribution is 0.431. The van der Waals surface area contributed by atoms with Crippen LogP contribution in [-0.4, -0.2) is 20.2 Å². The Hall–Kier alpha value is -1.44. The Morgan fingerprint density at radius 2 is 2.00 bits per heavy atom. The van der Waals surface area contributed by atoms with Crippen molar-refractivity contribution in [1.29, 1.82) is 0 Å². The van der Waals surface area contributed by atoms with Gasteiger partial charge in [0.1, 0.15) is 11.4 Å². The summed E-state index contributed by atoms with van der Waals surface area (Å²) in [7, 11) is 0. The highest BCUT2D eigenvalue weighted by atomic mass is 79.9. The van der Waals surface area contributed by atoms with E-state index in [4.69, 9.17) is 16.1 Å². The van der Waals surface area contributed by atoms with Gasteiger partial charge in [0.2, 0.25) is 5.82 Å². The minimum absolute atomic E-state index is 0.0668. The first-order valence-electron chi connectivity index (χ1n) is 5.68. The molecule has 0 amide bonds. The number of hydrogen-bond donors (Lipinski definition) is 1. The molecule has 3 rings (SSSR count). The molecule has 0 saturated carbocycles. The van der Waals surface area contributed by atoms with Crippen LogP contribution >= 0.6 is 43.5 Å². The molecule has 1 N–H and O–H groups in total. The maximum absolute atomic E-state index is 9.52. The van der Waals surface area contributed by atoms with Crippen molar-refractivity contribution >= 4 is 43.5 Å². The lowest BCUT2D eigenvalue weighted by atomic mass is 10.2. The molecule has 0 bridgehead atoms. The first-order chi connectivity index (χ1) is 10.0. The molecule has 5 nitrogen and oxygen atoms in total. The van der Waals surface area contributed by atoms with Crippen LogP contribution < -0.4 is 0 Å². The number of hydrogen-bond acceptors (Lipinski definition) is 5. The molecule has 106 valence electrons. The molecule has 0 aliphatic rings. The number of nitrogens with zero attached hydrogens (tertiary/aromatic N) is 3. The largest absolute Gasteiger partial charge is 0.508 e. The number of pyridine rings is 1. The van der Waals surface area contributed by atoms with Crippen LogP contribution in [0.1, 0.15) is 0 Å². The molecule has 2 heterocycles. The topological polar surface area (TPSA) is 72.0 Å². The van der Waals surface area contributed by atoms with Crippen molar-refractivity contribution in [2.45, 2.75) is 0 Å². The van der Waals surface area contributed by atoms with Crippen molar-refractivity contribution in [1.82, 2.24) is 15.1 Å². The Bertz CT molecular complexity index is 823. The molecule has 0 spiro atoms. The zero-order valence-electron chi connectivity index (χ0n) is 10.2. The lowest BCUT2D eigenvalue weighted by Gasteiger charge is -1.99. The van der Waals surface area contributed by atoms with Crippen LogP contribution in [0.25, 0.3) is 23.0 Å². The average Bonchev–Trinajstić information content (AvgIpc) is 2.91. The number of benzene rings is 1. The Balaban J connectivity index is 2.06. The zero-order chi connectivity index (χ0) is 15.0. The lowest BCUT2D eigenvalue weighted by Crippen LogP contribution is -1.88. The number of phenolic OH excluding ortho intramolecular Hbond substituents is 1. The van der Waals surface area contributed by atoms with Gasteiger partial charge in [-0.2, -0.15) is 4.98 Å². The third kappa shape index (κ3) is 2.95. The Morgan fingerprint density at radius 3 is 2.76 bits per heavy atom. The fourth-order valence-electron chi connectivity index (χ4n) is 1.69. The normalized spacial score (nSPS) is 10.8. The van der Waals surface area contributed by atoms with Crippen LogP contribution in [-0.2, 0) is 0 Å². The summed E-state index contributed by atoms with van der Waals surface area (Å²) in [5.74, 6) is 0.600. The summed E-state index contributed by atoms with van der Waals surface area (Å²) in [6.07, 6.45) is 1.64. The van der Waals surface area contributed by atoms with E-state index in [1.807, 2.05) is 6.07 Å². The summed E-state index contributed by atoms with van der Waals surface area (Å²) >= 11 is 12.8. The Morgan fingerprint density at radius 1 is 1.19 bits per heavy atom. The van der Waals surface area contributed by atoms with Crippen LogP contribution in [0.2, 0.25) is 5.02 Å². The van der Waals surface area contributed by atoms with E-state index in [1.54, 1.807) is 12.3 Å². The standard InChI is InChI=1S/C13H6Br2ClN3O2/c14-6-3-9(15)11(17-5-6)12-18-13(21-19-12)8-4-7(20)1-2-10(8)16/h1-5,20H. The minimum atomic E-state index is 0.0668. The van der Waals surface area contributed by atoms with Crippen molar-refractivity contribution in [3.8, 4) is 28.7 Å². The predicted octanol–water partition coefficient (Wildman–Crippen LogP) is 4.68. The summed E-state index contributed by atoms with van der Waals surface area (Å²) in [5, 5.41) is 13.8. The van der Waals surface area contributed by atoms with E-state index >= 15 is 0 Å². The van der Waals surface area contributed by atoms with E-state index in [0.29, 0.717) is 22.1 Å². The molecule has 21 heavy (non-hydrogen) atoms. The summed E-state index contributed by atoms with van der Waals surface area (Å²) in [6, 6.07) is 6.34. The van der Waals surface area contributed by atoms with Gasteiger partial charge in [-0.3, -0.25) is 4.98 Å². The fraction of sp³-hybridized carbons (Fsp3) is 0. The molecule has 1 aromatic carbocycles. The van der Waals surface area contributed by atoms with Gasteiger partial charge in [0, 0.05) is 15.1 Å². The van der Waals surface area contributed by atoms with E-state index in [0.717, 1.165) is 8.95 Å². The molecule has 0 aliphatic heterocycles. The third-order valence-electron chi connectivity index (χ3n) is 2.63. The fourth-order valence-corrected chi connectivity index (χ4v) is 3.05. The van der Waals surface area contributed by atoms with Gasteiger partial charge in [0.25, 0.3) is 5.89 Å². The van der Waals surface area contributed by atoms with E-state index < -0.39 is 0 Å². The number of phenols is 1. The molecule has 0 saturated heterocycles. The molecule has 0 aliphatic carbocycles. The third-order valence-corrected chi connectivity index (χ3v) is 3.99. The smallest absolute Gasteiger partial charge is 0.259 e. The van der Waals surface area contributed by atoms with E-state index in [2.05, 4.69) is 47.0 Å². The highest BCUT2D eigenvalue weighted by molar-refractivity contribution is 9.11. The van der Waals surface area contributed by atoms with Crippen molar-refractivity contribution < 1.29 is 9.63 Å². The van der Waals surface area contributed by atoms with E-state index in [9.17, 15) is 5.11 Å². The summed E-state index contributed by atoms with van der Waals surface area (Å²) in [6.45, 7) is 0. The van der Waals surface area contributed by atoms with Gasteiger partial charge in [-0.15, -0.1) is 0 Å². The van der Waals surface area contributed by atoms with Gasteiger partial charge in [-0.05, 0) is 56.1 Å². The first-order valence-corrected chi connectivity index (χ1v) is 7.65. The Kier molecular flexibility index (Phi) is 3.97. The summed E-state index contributed by atoms with van der Waals surface area (Å²) < 4.78 is 6.76. The second-order valence-electron chi connectivity index (χ2n) is 4.07. The van der Waals surface area contributed by atoms with Crippen molar-refractivity contribution in [2.24, 2.45) is 0 Å². The Labute approximate surface area is 141 Å². The second kappa shape index (κ2) is 5.75. The molecule has 2 aromatic heterocycles. The zero-order valence-corrected chi connectivity index (χ0v) is 14.1. The molecule has 3 aromatic rings. The monoisotopic (exact) mass is 429 g/mol. The van der Waals surface area contributed by atoms with Gasteiger partial charge in [0.05, 0.1) is 10.6 Å². The van der Waals surface area contributed by atoms with E-state index in [1.165, 1.54) is 12.1 Å². The van der Waals surface area contributed by atoms with Crippen LogP contribution in [0.5, 0.6) is 5.75 Å². The molecular weight excluding hydrogens is 425 g/mol. The second-order valence-corrected chi connectivity index (χ2v) is 6.25. The number of aromatic nitrogens is 3. The number of rotatable bonds is 2. The molecule has 0 radical (unpaired) electrons. The maximum atomic E-state index is 9.52. The van der Waals surface area contributed by atoms with Crippen LogP contribution in [0, 0.1) is 0 Å². The van der Waals surface area contributed by atoms with Gasteiger partial charge >= 0.3 is 0 Å². The van der Waals surface area contributed by atoms with Gasteiger partial charge < -0.3 is 9.63 Å². The van der Waals surface area contributed by atoms with Gasteiger partial charge in [-0.1, -0.05) is 16.8 Å². The quantitative estimate of drug-likeness (QED) is 0.638. The average molecular weight is 431 g/mol. The van der Waals surface area contributed by atoms with Crippen LogP contribution in [0.4, 0.5) is 0 Å². The number of aromatic hydroxyl groups is 1. The van der Waals surface area contributed by atoms with Crippen molar-refractivity contribution in [3.63, 3.8) is 0 Å². The summed E-state index contributed by atoms with van der Waals surface area (Å²) in [5.41, 5.74) is 1.01. The van der Waals surface area contributed by atoms with Gasteiger partial charge in [-0.25, -0.2) is 0 Å². The highest BCUT2D eigenvalue weighted by Gasteiger charge is 2.16. The predicted molar refractivity (Wildman–Crippen MR) is 85.0 cm³/mol. The van der Waals surface area contributed by atoms with E-state index in [-0.39, 0.29) is 11.6 Å². The van der Waals surface area contributed by atoms with Gasteiger partial charge in [0.15, 0.2) is 0 Å². The van der Waals surface area contributed by atoms with Crippen LogP contribution in [0.15, 0.2) is 43.9 Å². The molecule has 0 fully saturated rings. The SMILES string of the molecule is Oc1ccc(Cl)c(-c2nc(-c3ncc(Br)cc3Br)no2)c1. The molecule has 0 unspecified atom stereocenters. The van der Waals surface area contributed by atoms with Crippen molar-refractivity contribution in [3.05, 3.63) is 44.4 Å². The highest BCUT2D eigenvalue weighted by Crippen LogP contribution is 2.32. The maximum Gasteiger partial charge on any atom is 0.259 e.